The first-order valence-corrected chi connectivity index (χ1v) is 8.18. The van der Waals surface area contributed by atoms with Gasteiger partial charge in [0.05, 0.1) is 5.92 Å². The third kappa shape index (κ3) is 6.61. The summed E-state index contributed by atoms with van der Waals surface area (Å²) in [5.74, 6) is -0.442. The second kappa shape index (κ2) is 9.15. The molecule has 0 radical (unpaired) electrons. The van der Waals surface area contributed by atoms with E-state index in [1.165, 1.54) is 0 Å². The van der Waals surface area contributed by atoms with Crippen molar-refractivity contribution in [3.63, 3.8) is 0 Å². The highest BCUT2D eigenvalue weighted by Crippen LogP contribution is 2.30. The van der Waals surface area contributed by atoms with Gasteiger partial charge in [-0.3, -0.25) is 4.79 Å². The summed E-state index contributed by atoms with van der Waals surface area (Å²) in [6.07, 6.45) is 3.09. The standard InChI is InChI=1S/C13H22Br2O2/c1-9(2)12(10(3)13(16)17)8-11(4-6-14)5-7-15/h10-12H,1,4-8H2,2-3H3,(H,16,17)/t10-,12-/m1/s1. The van der Waals surface area contributed by atoms with Gasteiger partial charge >= 0.3 is 5.97 Å². The Kier molecular flexibility index (Phi) is 9.24. The van der Waals surface area contributed by atoms with Gasteiger partial charge in [-0.25, -0.2) is 0 Å². The molecule has 100 valence electrons. The number of rotatable bonds is 9. The lowest BCUT2D eigenvalue weighted by molar-refractivity contribution is -0.142. The van der Waals surface area contributed by atoms with Gasteiger partial charge in [0.15, 0.2) is 0 Å². The Bertz CT molecular complexity index is 248. The third-order valence-corrected chi connectivity index (χ3v) is 4.16. The molecule has 0 aliphatic carbocycles. The van der Waals surface area contributed by atoms with Crippen LogP contribution in [0.4, 0.5) is 0 Å². The minimum Gasteiger partial charge on any atom is -0.481 e. The highest BCUT2D eigenvalue weighted by atomic mass is 79.9. The van der Waals surface area contributed by atoms with Crippen LogP contribution in [0, 0.1) is 17.8 Å². The second-order valence-corrected chi connectivity index (χ2v) is 6.22. The normalized spacial score (nSPS) is 14.6. The molecule has 0 fully saturated rings. The van der Waals surface area contributed by atoms with Crippen molar-refractivity contribution >= 4 is 37.8 Å². The first-order chi connectivity index (χ1) is 7.93. The molecule has 0 aromatic carbocycles. The van der Waals surface area contributed by atoms with Gasteiger partial charge in [-0.05, 0) is 38.0 Å². The SMILES string of the molecule is C=C(C)[C@@H](CC(CCBr)CCBr)[C@@H](C)C(=O)O. The highest BCUT2D eigenvalue weighted by Gasteiger charge is 2.26. The first-order valence-electron chi connectivity index (χ1n) is 5.94. The summed E-state index contributed by atoms with van der Waals surface area (Å²) in [5.41, 5.74) is 0.981. The van der Waals surface area contributed by atoms with Crippen molar-refractivity contribution < 1.29 is 9.90 Å². The quantitative estimate of drug-likeness (QED) is 0.480. The van der Waals surface area contributed by atoms with Crippen LogP contribution in [0.5, 0.6) is 0 Å². The second-order valence-electron chi connectivity index (χ2n) is 4.64. The number of carbonyl (C=O) groups is 1. The average molecular weight is 370 g/mol. The molecule has 2 atom stereocenters. The van der Waals surface area contributed by atoms with Crippen LogP contribution >= 0.6 is 31.9 Å². The van der Waals surface area contributed by atoms with E-state index in [0.717, 1.165) is 35.5 Å². The van der Waals surface area contributed by atoms with Crippen LogP contribution in [0.3, 0.4) is 0 Å². The fourth-order valence-electron chi connectivity index (χ4n) is 2.05. The Morgan fingerprint density at radius 1 is 1.29 bits per heavy atom. The van der Waals surface area contributed by atoms with E-state index in [-0.39, 0.29) is 11.8 Å². The number of carboxylic acids is 1. The monoisotopic (exact) mass is 368 g/mol. The molecule has 0 saturated heterocycles. The molecular formula is C13H22Br2O2. The first kappa shape index (κ1) is 17.2. The summed E-state index contributed by atoms with van der Waals surface area (Å²) in [6.45, 7) is 7.66. The Morgan fingerprint density at radius 2 is 1.76 bits per heavy atom. The maximum atomic E-state index is 11.1. The Labute approximate surface area is 121 Å². The van der Waals surface area contributed by atoms with Gasteiger partial charge in [0.25, 0.3) is 0 Å². The summed E-state index contributed by atoms with van der Waals surface area (Å²) in [4.78, 5) is 11.1. The number of hydrogen-bond donors (Lipinski definition) is 1. The number of allylic oxidation sites excluding steroid dienone is 1. The average Bonchev–Trinajstić information content (AvgIpc) is 2.24. The molecule has 0 bridgehead atoms. The number of aliphatic carboxylic acids is 1. The van der Waals surface area contributed by atoms with Crippen molar-refractivity contribution in [2.75, 3.05) is 10.7 Å². The van der Waals surface area contributed by atoms with Crippen molar-refractivity contribution in [3.8, 4) is 0 Å². The molecule has 0 aliphatic rings. The number of carboxylic acid groups (broad SMARTS) is 1. The topological polar surface area (TPSA) is 37.3 Å². The Morgan fingerprint density at radius 3 is 2.06 bits per heavy atom. The maximum Gasteiger partial charge on any atom is 0.306 e. The predicted octanol–water partition coefficient (Wildman–Crippen LogP) is 4.48. The lowest BCUT2D eigenvalue weighted by Gasteiger charge is -2.26. The van der Waals surface area contributed by atoms with Gasteiger partial charge in [-0.15, -0.1) is 0 Å². The molecule has 0 aromatic heterocycles. The van der Waals surface area contributed by atoms with E-state index in [1.54, 1.807) is 6.92 Å². The van der Waals surface area contributed by atoms with Gasteiger partial charge in [0, 0.05) is 10.7 Å². The Balaban J connectivity index is 4.59. The predicted molar refractivity (Wildman–Crippen MR) is 80.0 cm³/mol. The number of hydrogen-bond acceptors (Lipinski definition) is 1. The molecule has 0 saturated carbocycles. The molecule has 1 N–H and O–H groups in total. The third-order valence-electron chi connectivity index (χ3n) is 3.25. The van der Waals surface area contributed by atoms with Crippen molar-refractivity contribution in [3.05, 3.63) is 12.2 Å². The van der Waals surface area contributed by atoms with Crippen molar-refractivity contribution in [2.45, 2.75) is 33.1 Å². The van der Waals surface area contributed by atoms with Crippen LogP contribution in [-0.4, -0.2) is 21.7 Å². The van der Waals surface area contributed by atoms with Gasteiger partial charge < -0.3 is 5.11 Å². The van der Waals surface area contributed by atoms with Crippen LogP contribution in [0.25, 0.3) is 0 Å². The number of alkyl halides is 2. The lowest BCUT2D eigenvalue weighted by Crippen LogP contribution is -2.24. The minimum absolute atomic E-state index is 0.0793. The molecule has 17 heavy (non-hydrogen) atoms. The molecule has 0 amide bonds. The molecular weight excluding hydrogens is 348 g/mol. The molecule has 0 aromatic rings. The summed E-state index contributed by atoms with van der Waals surface area (Å²) < 4.78 is 0. The van der Waals surface area contributed by atoms with Crippen molar-refractivity contribution in [1.29, 1.82) is 0 Å². The van der Waals surface area contributed by atoms with Gasteiger partial charge in [-0.1, -0.05) is 50.9 Å². The fourth-order valence-corrected chi connectivity index (χ4v) is 3.35. The fraction of sp³-hybridized carbons (Fsp3) is 0.769. The van der Waals surface area contributed by atoms with Crippen LogP contribution in [0.1, 0.15) is 33.1 Å². The molecule has 0 spiro atoms. The maximum absolute atomic E-state index is 11.1. The summed E-state index contributed by atoms with van der Waals surface area (Å²) in [6, 6.07) is 0. The van der Waals surface area contributed by atoms with E-state index in [2.05, 4.69) is 38.4 Å². The van der Waals surface area contributed by atoms with E-state index < -0.39 is 5.97 Å². The molecule has 4 heteroatoms. The van der Waals surface area contributed by atoms with Gasteiger partial charge in [0.1, 0.15) is 0 Å². The van der Waals surface area contributed by atoms with E-state index in [1.807, 2.05) is 6.92 Å². The molecule has 2 nitrogen and oxygen atoms in total. The van der Waals surface area contributed by atoms with E-state index in [9.17, 15) is 4.79 Å². The van der Waals surface area contributed by atoms with Crippen LogP contribution < -0.4 is 0 Å². The largest absolute Gasteiger partial charge is 0.481 e. The Hall–Kier alpha value is 0.170. The van der Waals surface area contributed by atoms with Gasteiger partial charge in [-0.2, -0.15) is 0 Å². The molecule has 0 aliphatic heterocycles. The van der Waals surface area contributed by atoms with Crippen LogP contribution in [-0.2, 0) is 4.79 Å². The van der Waals surface area contributed by atoms with Crippen molar-refractivity contribution in [1.82, 2.24) is 0 Å². The van der Waals surface area contributed by atoms with Crippen molar-refractivity contribution in [2.24, 2.45) is 17.8 Å². The minimum atomic E-state index is -0.727. The highest BCUT2D eigenvalue weighted by molar-refractivity contribution is 9.09. The van der Waals surface area contributed by atoms with Crippen LogP contribution in [0.15, 0.2) is 12.2 Å². The summed E-state index contributed by atoms with van der Waals surface area (Å²) in [7, 11) is 0. The zero-order valence-electron chi connectivity index (χ0n) is 10.6. The van der Waals surface area contributed by atoms with Gasteiger partial charge in [0.2, 0.25) is 0 Å². The molecule has 0 heterocycles. The van der Waals surface area contributed by atoms with E-state index in [0.29, 0.717) is 5.92 Å². The van der Waals surface area contributed by atoms with E-state index in [4.69, 9.17) is 5.11 Å². The lowest BCUT2D eigenvalue weighted by atomic mass is 9.80. The molecule has 0 rings (SSSR count). The smallest absolute Gasteiger partial charge is 0.306 e. The summed E-state index contributed by atoms with van der Waals surface area (Å²) in [5, 5.41) is 11.0. The van der Waals surface area contributed by atoms with Crippen LogP contribution in [0.2, 0.25) is 0 Å². The zero-order chi connectivity index (χ0) is 13.4. The number of halogens is 2. The molecule has 0 unspecified atom stereocenters. The zero-order valence-corrected chi connectivity index (χ0v) is 13.8. The van der Waals surface area contributed by atoms with E-state index >= 15 is 0 Å². The summed E-state index contributed by atoms with van der Waals surface area (Å²) >= 11 is 6.92.